The fraction of sp³-hybridized carbons (Fsp3) is 0.438. The van der Waals surface area contributed by atoms with Crippen LogP contribution in [-0.4, -0.2) is 6.29 Å². The normalized spacial score (nSPS) is 23.8. The smallest absolute Gasteiger partial charge is 0.131 e. The molecule has 0 amide bonds. The van der Waals surface area contributed by atoms with Crippen molar-refractivity contribution < 1.29 is 9.53 Å². The third-order valence-electron chi connectivity index (χ3n) is 4.00. The van der Waals surface area contributed by atoms with E-state index < -0.39 is 0 Å². The van der Waals surface area contributed by atoms with Crippen LogP contribution in [0.5, 0.6) is 5.75 Å². The van der Waals surface area contributed by atoms with Gasteiger partial charge in [-0.15, -0.1) is 0 Å². The summed E-state index contributed by atoms with van der Waals surface area (Å²) in [5.74, 6) is 2.25. The quantitative estimate of drug-likeness (QED) is 0.737. The van der Waals surface area contributed by atoms with Crippen LogP contribution in [0.4, 0.5) is 0 Å². The van der Waals surface area contributed by atoms with Gasteiger partial charge in [0.05, 0.1) is 5.92 Å². The molecule has 0 N–H and O–H groups in total. The molecule has 2 aliphatic rings. The summed E-state index contributed by atoms with van der Waals surface area (Å²) in [5, 5.41) is 0. The molecule has 1 fully saturated rings. The van der Waals surface area contributed by atoms with Gasteiger partial charge in [0.15, 0.2) is 0 Å². The van der Waals surface area contributed by atoms with E-state index in [4.69, 9.17) is 4.74 Å². The van der Waals surface area contributed by atoms with Crippen molar-refractivity contribution in [3.63, 3.8) is 0 Å². The van der Waals surface area contributed by atoms with E-state index in [1.807, 2.05) is 30.3 Å². The lowest BCUT2D eigenvalue weighted by Crippen LogP contribution is -2.19. The molecule has 2 heteroatoms. The molecule has 1 aliphatic carbocycles. The number of aldehydes is 1. The third kappa shape index (κ3) is 2.07. The Labute approximate surface area is 108 Å². The van der Waals surface area contributed by atoms with Crippen LogP contribution in [0.2, 0.25) is 0 Å². The van der Waals surface area contributed by atoms with Crippen molar-refractivity contribution in [1.29, 1.82) is 0 Å². The molecule has 0 bridgehead atoms. The number of carbonyl (C=O) groups excluding carboxylic acids is 1. The van der Waals surface area contributed by atoms with E-state index in [-0.39, 0.29) is 5.92 Å². The first-order valence-electron chi connectivity index (χ1n) is 6.82. The molecule has 3 rings (SSSR count). The lowest BCUT2D eigenvalue weighted by Gasteiger charge is -2.29. The summed E-state index contributed by atoms with van der Waals surface area (Å²) in [7, 11) is 0. The monoisotopic (exact) mass is 242 g/mol. The van der Waals surface area contributed by atoms with Crippen molar-refractivity contribution in [1.82, 2.24) is 0 Å². The summed E-state index contributed by atoms with van der Waals surface area (Å²) in [6, 6.07) is 7.85. The molecule has 1 aromatic rings. The highest BCUT2D eigenvalue weighted by Crippen LogP contribution is 2.39. The second-order valence-corrected chi connectivity index (χ2v) is 5.21. The number of para-hydroxylation sites is 1. The molecule has 0 aromatic heterocycles. The second kappa shape index (κ2) is 4.97. The molecule has 94 valence electrons. The van der Waals surface area contributed by atoms with Crippen molar-refractivity contribution in [2.75, 3.05) is 0 Å². The van der Waals surface area contributed by atoms with E-state index in [9.17, 15) is 4.79 Å². The van der Waals surface area contributed by atoms with Gasteiger partial charge in [0.1, 0.15) is 17.8 Å². The standard InChI is InChI=1S/C16H18O2/c17-11-13-10-16(12-6-2-1-3-7-12)18-15-9-5-4-8-14(13)15/h4-5,8-13H,1-3,6-7H2. The number of allylic oxidation sites excluding steroid dienone is 2. The number of hydrogen-bond donors (Lipinski definition) is 0. The summed E-state index contributed by atoms with van der Waals surface area (Å²) in [6.45, 7) is 0. The molecule has 1 saturated carbocycles. The third-order valence-corrected chi connectivity index (χ3v) is 4.00. The van der Waals surface area contributed by atoms with Gasteiger partial charge in [-0.1, -0.05) is 37.5 Å². The average Bonchev–Trinajstić information content (AvgIpc) is 2.47. The minimum atomic E-state index is -0.133. The van der Waals surface area contributed by atoms with Gasteiger partial charge >= 0.3 is 0 Å². The van der Waals surface area contributed by atoms with E-state index in [0.29, 0.717) is 5.92 Å². The van der Waals surface area contributed by atoms with Crippen molar-refractivity contribution in [3.05, 3.63) is 41.7 Å². The van der Waals surface area contributed by atoms with Crippen molar-refractivity contribution in [2.45, 2.75) is 38.0 Å². The zero-order valence-electron chi connectivity index (χ0n) is 10.5. The summed E-state index contributed by atoms with van der Waals surface area (Å²) < 4.78 is 6.01. The van der Waals surface area contributed by atoms with Gasteiger partial charge in [-0.05, 0) is 25.0 Å². The molecular formula is C16H18O2. The summed E-state index contributed by atoms with van der Waals surface area (Å²) in [5.41, 5.74) is 0.993. The van der Waals surface area contributed by atoms with Crippen LogP contribution in [0, 0.1) is 5.92 Å². The molecule has 0 spiro atoms. The Morgan fingerprint density at radius 3 is 2.67 bits per heavy atom. The first kappa shape index (κ1) is 11.5. The van der Waals surface area contributed by atoms with Crippen LogP contribution in [0.25, 0.3) is 0 Å². The van der Waals surface area contributed by atoms with Crippen LogP contribution < -0.4 is 4.74 Å². The molecule has 0 saturated heterocycles. The van der Waals surface area contributed by atoms with E-state index in [2.05, 4.69) is 0 Å². The highest BCUT2D eigenvalue weighted by Gasteiger charge is 2.26. The maximum Gasteiger partial charge on any atom is 0.131 e. The fourth-order valence-electron chi connectivity index (χ4n) is 3.00. The van der Waals surface area contributed by atoms with Gasteiger partial charge in [-0.25, -0.2) is 0 Å². The molecule has 0 radical (unpaired) electrons. The number of fused-ring (bicyclic) bond motifs is 1. The Balaban J connectivity index is 1.89. The van der Waals surface area contributed by atoms with E-state index >= 15 is 0 Å². The molecule has 1 aliphatic heterocycles. The van der Waals surface area contributed by atoms with Gasteiger partial charge < -0.3 is 9.53 Å². The van der Waals surface area contributed by atoms with E-state index in [1.54, 1.807) is 0 Å². The Bertz CT molecular complexity index is 470. The topological polar surface area (TPSA) is 26.3 Å². The summed E-state index contributed by atoms with van der Waals surface area (Å²) in [6.07, 6.45) is 9.31. The first-order valence-corrected chi connectivity index (χ1v) is 6.82. The number of ether oxygens (including phenoxy) is 1. The Morgan fingerprint density at radius 2 is 1.89 bits per heavy atom. The Kier molecular flexibility index (Phi) is 3.18. The molecule has 1 atom stereocenters. The van der Waals surface area contributed by atoms with Gasteiger partial charge in [-0.3, -0.25) is 0 Å². The number of rotatable bonds is 2. The molecule has 2 nitrogen and oxygen atoms in total. The van der Waals surface area contributed by atoms with Crippen LogP contribution >= 0.6 is 0 Å². The maximum atomic E-state index is 11.3. The molecular weight excluding hydrogens is 224 g/mol. The Morgan fingerprint density at radius 1 is 1.11 bits per heavy atom. The molecule has 1 heterocycles. The predicted molar refractivity (Wildman–Crippen MR) is 70.5 cm³/mol. The molecule has 18 heavy (non-hydrogen) atoms. The number of benzene rings is 1. The highest BCUT2D eigenvalue weighted by molar-refractivity contribution is 5.69. The maximum absolute atomic E-state index is 11.3. The highest BCUT2D eigenvalue weighted by atomic mass is 16.5. The minimum Gasteiger partial charge on any atom is -0.461 e. The summed E-state index contributed by atoms with van der Waals surface area (Å²) >= 11 is 0. The lowest BCUT2D eigenvalue weighted by atomic mass is 9.85. The molecule has 1 aromatic carbocycles. The zero-order valence-corrected chi connectivity index (χ0v) is 10.5. The number of hydrogen-bond acceptors (Lipinski definition) is 2. The SMILES string of the molecule is O=CC1C=C(C2CCCCC2)Oc2ccccc21. The van der Waals surface area contributed by atoms with Crippen LogP contribution in [0.1, 0.15) is 43.6 Å². The van der Waals surface area contributed by atoms with Gasteiger partial charge in [0, 0.05) is 11.5 Å². The van der Waals surface area contributed by atoms with Crippen molar-refractivity contribution in [3.8, 4) is 5.75 Å². The van der Waals surface area contributed by atoms with Gasteiger partial charge in [0.25, 0.3) is 0 Å². The minimum absolute atomic E-state index is 0.133. The molecule has 1 unspecified atom stereocenters. The average molecular weight is 242 g/mol. The van der Waals surface area contributed by atoms with E-state index in [1.165, 1.54) is 32.1 Å². The van der Waals surface area contributed by atoms with Gasteiger partial charge in [0.2, 0.25) is 0 Å². The second-order valence-electron chi connectivity index (χ2n) is 5.21. The van der Waals surface area contributed by atoms with Crippen molar-refractivity contribution >= 4 is 6.29 Å². The first-order chi connectivity index (χ1) is 8.88. The van der Waals surface area contributed by atoms with Gasteiger partial charge in [-0.2, -0.15) is 0 Å². The largest absolute Gasteiger partial charge is 0.461 e. The predicted octanol–water partition coefficient (Wildman–Crippen LogP) is 3.83. The Hall–Kier alpha value is -1.57. The van der Waals surface area contributed by atoms with Crippen LogP contribution in [0.3, 0.4) is 0 Å². The van der Waals surface area contributed by atoms with Crippen molar-refractivity contribution in [2.24, 2.45) is 5.92 Å². The number of carbonyl (C=O) groups is 1. The fourth-order valence-corrected chi connectivity index (χ4v) is 3.00. The zero-order chi connectivity index (χ0) is 12.4. The van der Waals surface area contributed by atoms with Crippen LogP contribution in [0.15, 0.2) is 36.1 Å². The lowest BCUT2D eigenvalue weighted by molar-refractivity contribution is -0.108. The van der Waals surface area contributed by atoms with Crippen LogP contribution in [-0.2, 0) is 4.79 Å². The van der Waals surface area contributed by atoms with E-state index in [0.717, 1.165) is 23.4 Å². The summed E-state index contributed by atoms with van der Waals surface area (Å²) in [4.78, 5) is 11.3.